The van der Waals surface area contributed by atoms with Gasteiger partial charge in [-0.15, -0.1) is 0 Å². The van der Waals surface area contributed by atoms with E-state index in [2.05, 4.69) is 5.32 Å². The predicted octanol–water partition coefficient (Wildman–Crippen LogP) is 4.65. The summed E-state index contributed by atoms with van der Waals surface area (Å²) in [7, 11) is 0. The summed E-state index contributed by atoms with van der Waals surface area (Å²) in [6.45, 7) is 2.24. The van der Waals surface area contributed by atoms with Crippen LogP contribution < -0.4 is 5.32 Å². The van der Waals surface area contributed by atoms with Gasteiger partial charge in [0, 0.05) is 27.9 Å². The SMILES string of the molecule is CCO[C@@H](Nc1cc(Cl)cc(Cl)c1)C(=O)c1ccccc1. The minimum Gasteiger partial charge on any atom is -0.354 e. The maximum Gasteiger partial charge on any atom is 0.212 e. The summed E-state index contributed by atoms with van der Waals surface area (Å²) in [4.78, 5) is 12.5. The molecule has 0 aromatic heterocycles. The Morgan fingerprint density at radius 3 is 2.33 bits per heavy atom. The van der Waals surface area contributed by atoms with Crippen LogP contribution in [-0.4, -0.2) is 18.6 Å². The van der Waals surface area contributed by atoms with Gasteiger partial charge in [-0.1, -0.05) is 53.5 Å². The van der Waals surface area contributed by atoms with Crippen molar-refractivity contribution in [3.63, 3.8) is 0 Å². The number of hydrogen-bond donors (Lipinski definition) is 1. The molecule has 1 N–H and O–H groups in total. The van der Waals surface area contributed by atoms with Crippen LogP contribution in [-0.2, 0) is 4.74 Å². The van der Waals surface area contributed by atoms with Crippen molar-refractivity contribution < 1.29 is 9.53 Å². The van der Waals surface area contributed by atoms with E-state index in [4.69, 9.17) is 27.9 Å². The van der Waals surface area contributed by atoms with Crippen LogP contribution in [0, 0.1) is 0 Å². The van der Waals surface area contributed by atoms with Crippen LogP contribution >= 0.6 is 23.2 Å². The van der Waals surface area contributed by atoms with Gasteiger partial charge in [-0.25, -0.2) is 0 Å². The van der Waals surface area contributed by atoms with Crippen LogP contribution in [0.4, 0.5) is 5.69 Å². The molecular formula is C16H15Cl2NO2. The van der Waals surface area contributed by atoms with Crippen molar-refractivity contribution in [3.8, 4) is 0 Å². The Bertz CT molecular complexity index is 597. The number of carbonyl (C=O) groups is 1. The van der Waals surface area contributed by atoms with Crippen molar-refractivity contribution in [2.45, 2.75) is 13.2 Å². The van der Waals surface area contributed by atoms with Crippen LogP contribution in [0.5, 0.6) is 0 Å². The van der Waals surface area contributed by atoms with Crippen LogP contribution in [0.2, 0.25) is 10.0 Å². The Morgan fingerprint density at radius 2 is 1.76 bits per heavy atom. The average molecular weight is 324 g/mol. The highest BCUT2D eigenvalue weighted by atomic mass is 35.5. The molecule has 110 valence electrons. The second kappa shape index (κ2) is 7.46. The molecule has 2 aromatic rings. The molecule has 1 atom stereocenters. The van der Waals surface area contributed by atoms with E-state index in [0.717, 1.165) is 0 Å². The number of rotatable bonds is 6. The van der Waals surface area contributed by atoms with Crippen molar-refractivity contribution in [3.05, 3.63) is 64.1 Å². The Morgan fingerprint density at radius 1 is 1.14 bits per heavy atom. The Hall–Kier alpha value is -1.55. The van der Waals surface area contributed by atoms with Crippen LogP contribution in [0.1, 0.15) is 17.3 Å². The van der Waals surface area contributed by atoms with Gasteiger partial charge in [0.15, 0.2) is 6.23 Å². The van der Waals surface area contributed by atoms with Crippen molar-refractivity contribution in [2.75, 3.05) is 11.9 Å². The van der Waals surface area contributed by atoms with Gasteiger partial charge < -0.3 is 10.1 Å². The van der Waals surface area contributed by atoms with Crippen LogP contribution in [0.3, 0.4) is 0 Å². The lowest BCUT2D eigenvalue weighted by atomic mass is 10.1. The fourth-order valence-corrected chi connectivity index (χ4v) is 2.42. The van der Waals surface area contributed by atoms with Crippen molar-refractivity contribution in [1.82, 2.24) is 0 Å². The third kappa shape index (κ3) is 4.46. The fourth-order valence-electron chi connectivity index (χ4n) is 1.89. The molecule has 0 aliphatic heterocycles. The molecule has 3 nitrogen and oxygen atoms in total. The highest BCUT2D eigenvalue weighted by Gasteiger charge is 2.20. The molecule has 0 saturated carbocycles. The average Bonchev–Trinajstić information content (AvgIpc) is 2.46. The summed E-state index contributed by atoms with van der Waals surface area (Å²) in [5.41, 5.74) is 1.21. The van der Waals surface area contributed by atoms with Crippen LogP contribution in [0.15, 0.2) is 48.5 Å². The van der Waals surface area contributed by atoms with Gasteiger partial charge in [0.25, 0.3) is 0 Å². The number of anilines is 1. The molecule has 2 rings (SSSR count). The number of carbonyl (C=O) groups excluding carboxylic acids is 1. The van der Waals surface area contributed by atoms with Gasteiger partial charge >= 0.3 is 0 Å². The molecule has 0 heterocycles. The molecule has 0 fully saturated rings. The minimum absolute atomic E-state index is 0.145. The molecule has 0 spiro atoms. The van der Waals surface area contributed by atoms with E-state index >= 15 is 0 Å². The smallest absolute Gasteiger partial charge is 0.212 e. The summed E-state index contributed by atoms with van der Waals surface area (Å²) in [6.07, 6.45) is -0.785. The lowest BCUT2D eigenvalue weighted by Crippen LogP contribution is -2.32. The van der Waals surface area contributed by atoms with E-state index in [0.29, 0.717) is 27.9 Å². The molecule has 0 amide bonds. The first-order valence-electron chi connectivity index (χ1n) is 6.53. The van der Waals surface area contributed by atoms with Crippen molar-refractivity contribution >= 4 is 34.7 Å². The molecule has 0 aliphatic rings. The maximum absolute atomic E-state index is 12.5. The lowest BCUT2D eigenvalue weighted by molar-refractivity contribution is 0.0549. The van der Waals surface area contributed by atoms with E-state index in [-0.39, 0.29) is 5.78 Å². The van der Waals surface area contributed by atoms with Crippen molar-refractivity contribution in [2.24, 2.45) is 0 Å². The van der Waals surface area contributed by atoms with Gasteiger partial charge in [0.05, 0.1) is 0 Å². The maximum atomic E-state index is 12.5. The van der Waals surface area contributed by atoms with E-state index in [1.54, 1.807) is 30.3 Å². The molecule has 0 bridgehead atoms. The standard InChI is InChI=1S/C16H15Cl2NO2/c1-2-21-16(15(20)11-6-4-3-5-7-11)19-14-9-12(17)8-13(18)10-14/h3-10,16,19H,2H2,1H3/t16-/m1/s1. The van der Waals surface area contributed by atoms with Crippen molar-refractivity contribution in [1.29, 1.82) is 0 Å². The topological polar surface area (TPSA) is 38.3 Å². The first-order chi connectivity index (χ1) is 10.1. The molecule has 0 aliphatic carbocycles. The summed E-state index contributed by atoms with van der Waals surface area (Å²) in [5, 5.41) is 4.01. The number of ether oxygens (including phenoxy) is 1. The zero-order valence-electron chi connectivity index (χ0n) is 11.5. The number of benzene rings is 2. The molecule has 21 heavy (non-hydrogen) atoms. The normalized spacial score (nSPS) is 12.0. The highest BCUT2D eigenvalue weighted by Crippen LogP contribution is 2.23. The van der Waals surface area contributed by atoms with E-state index in [1.807, 2.05) is 25.1 Å². The van der Waals surface area contributed by atoms with Gasteiger partial charge in [0.1, 0.15) is 0 Å². The number of halogens is 2. The van der Waals surface area contributed by atoms with Gasteiger partial charge in [0.2, 0.25) is 5.78 Å². The van der Waals surface area contributed by atoms with E-state index in [9.17, 15) is 4.79 Å². The molecule has 5 heteroatoms. The van der Waals surface area contributed by atoms with Crippen LogP contribution in [0.25, 0.3) is 0 Å². The fraction of sp³-hybridized carbons (Fsp3) is 0.188. The molecule has 0 radical (unpaired) electrons. The zero-order valence-corrected chi connectivity index (χ0v) is 13.0. The second-order valence-corrected chi connectivity index (χ2v) is 5.24. The summed E-state index contributed by atoms with van der Waals surface area (Å²) in [5.74, 6) is -0.145. The zero-order chi connectivity index (χ0) is 15.2. The lowest BCUT2D eigenvalue weighted by Gasteiger charge is -2.19. The first-order valence-corrected chi connectivity index (χ1v) is 7.29. The number of nitrogens with one attached hydrogen (secondary N) is 1. The monoisotopic (exact) mass is 323 g/mol. The molecule has 0 unspecified atom stereocenters. The van der Waals surface area contributed by atoms with Gasteiger partial charge in [-0.3, -0.25) is 4.79 Å². The summed E-state index contributed by atoms with van der Waals surface area (Å²) < 4.78 is 5.50. The summed E-state index contributed by atoms with van der Waals surface area (Å²) in [6, 6.07) is 14.0. The quantitative estimate of drug-likeness (QED) is 0.621. The minimum atomic E-state index is -0.785. The number of hydrogen-bond acceptors (Lipinski definition) is 3. The Balaban J connectivity index is 2.21. The Labute approximate surface area is 133 Å². The number of ketones is 1. The molecular weight excluding hydrogens is 309 g/mol. The molecule has 2 aromatic carbocycles. The number of Topliss-reactive ketones (excluding diaryl/α,β-unsaturated/α-hetero) is 1. The van der Waals surface area contributed by atoms with Gasteiger partial charge in [-0.2, -0.15) is 0 Å². The second-order valence-electron chi connectivity index (χ2n) is 4.37. The Kier molecular flexibility index (Phi) is 5.62. The largest absolute Gasteiger partial charge is 0.354 e. The predicted molar refractivity (Wildman–Crippen MR) is 86.3 cm³/mol. The summed E-state index contributed by atoms with van der Waals surface area (Å²) >= 11 is 11.9. The van der Waals surface area contributed by atoms with Gasteiger partial charge in [-0.05, 0) is 25.1 Å². The third-order valence-corrected chi connectivity index (χ3v) is 3.23. The molecule has 0 saturated heterocycles. The van der Waals surface area contributed by atoms with E-state index < -0.39 is 6.23 Å². The third-order valence-electron chi connectivity index (χ3n) is 2.79. The first kappa shape index (κ1) is 15.8. The highest BCUT2D eigenvalue weighted by molar-refractivity contribution is 6.35. The van der Waals surface area contributed by atoms with E-state index in [1.165, 1.54) is 0 Å².